The SMILES string of the molecule is CCC(=O)OC1CCC(C(C)(C)C)CC1=O. The van der Waals surface area contributed by atoms with Crippen LogP contribution in [0.3, 0.4) is 0 Å². The van der Waals surface area contributed by atoms with Gasteiger partial charge in [0.2, 0.25) is 0 Å². The Morgan fingerprint density at radius 2 is 2.00 bits per heavy atom. The molecule has 2 unspecified atom stereocenters. The molecule has 16 heavy (non-hydrogen) atoms. The number of hydrogen-bond acceptors (Lipinski definition) is 3. The monoisotopic (exact) mass is 226 g/mol. The van der Waals surface area contributed by atoms with Gasteiger partial charge in [0, 0.05) is 12.8 Å². The first-order valence-electron chi connectivity index (χ1n) is 6.06. The number of esters is 1. The van der Waals surface area contributed by atoms with Crippen LogP contribution in [0.15, 0.2) is 0 Å². The van der Waals surface area contributed by atoms with E-state index in [1.165, 1.54) is 0 Å². The van der Waals surface area contributed by atoms with E-state index in [1.54, 1.807) is 6.92 Å². The molecular formula is C13H22O3. The highest BCUT2D eigenvalue weighted by atomic mass is 16.5. The van der Waals surface area contributed by atoms with Gasteiger partial charge in [0.25, 0.3) is 0 Å². The van der Waals surface area contributed by atoms with Gasteiger partial charge in [0.1, 0.15) is 0 Å². The molecule has 1 rings (SSSR count). The summed E-state index contributed by atoms with van der Waals surface area (Å²) in [7, 11) is 0. The Bertz CT molecular complexity index is 275. The number of ketones is 1. The molecule has 0 aliphatic heterocycles. The summed E-state index contributed by atoms with van der Waals surface area (Å²) in [5, 5.41) is 0. The minimum atomic E-state index is -0.481. The summed E-state index contributed by atoms with van der Waals surface area (Å²) in [6.07, 6.45) is 2.06. The zero-order valence-electron chi connectivity index (χ0n) is 10.7. The van der Waals surface area contributed by atoms with E-state index in [1.807, 2.05) is 0 Å². The molecule has 0 aromatic carbocycles. The Hall–Kier alpha value is -0.860. The minimum Gasteiger partial charge on any atom is -0.454 e. The zero-order valence-corrected chi connectivity index (χ0v) is 10.7. The second-order valence-corrected chi connectivity index (χ2v) is 5.64. The first-order valence-corrected chi connectivity index (χ1v) is 6.06. The van der Waals surface area contributed by atoms with Crippen LogP contribution in [0.1, 0.15) is 53.4 Å². The van der Waals surface area contributed by atoms with Crippen LogP contribution in [0.5, 0.6) is 0 Å². The lowest BCUT2D eigenvalue weighted by Gasteiger charge is -2.35. The van der Waals surface area contributed by atoms with Gasteiger partial charge in [0.05, 0.1) is 0 Å². The number of Topliss-reactive ketones (excluding diaryl/α,β-unsaturated/α-hetero) is 1. The zero-order chi connectivity index (χ0) is 12.3. The Balaban J connectivity index is 2.53. The van der Waals surface area contributed by atoms with Crippen molar-refractivity contribution in [1.82, 2.24) is 0 Å². The van der Waals surface area contributed by atoms with Gasteiger partial charge in [-0.25, -0.2) is 0 Å². The Morgan fingerprint density at radius 3 is 2.44 bits per heavy atom. The van der Waals surface area contributed by atoms with Gasteiger partial charge in [-0.3, -0.25) is 9.59 Å². The molecule has 0 spiro atoms. The molecule has 1 saturated carbocycles. The number of ether oxygens (including phenoxy) is 1. The standard InChI is InChI=1S/C13H22O3/c1-5-12(15)16-11-7-6-9(8-10(11)14)13(2,3)4/h9,11H,5-8H2,1-4H3. The largest absolute Gasteiger partial charge is 0.454 e. The van der Waals surface area contributed by atoms with Crippen molar-refractivity contribution < 1.29 is 14.3 Å². The molecule has 3 nitrogen and oxygen atoms in total. The van der Waals surface area contributed by atoms with E-state index in [-0.39, 0.29) is 17.2 Å². The van der Waals surface area contributed by atoms with Gasteiger partial charge in [-0.1, -0.05) is 27.7 Å². The van der Waals surface area contributed by atoms with E-state index < -0.39 is 6.10 Å². The topological polar surface area (TPSA) is 43.4 Å². The van der Waals surface area contributed by atoms with Crippen LogP contribution >= 0.6 is 0 Å². The van der Waals surface area contributed by atoms with E-state index in [4.69, 9.17) is 4.74 Å². The molecule has 0 N–H and O–H groups in total. The highest BCUT2D eigenvalue weighted by Crippen LogP contribution is 2.37. The summed E-state index contributed by atoms with van der Waals surface area (Å²) in [6.45, 7) is 8.21. The number of carbonyl (C=O) groups excluding carboxylic acids is 2. The molecule has 2 atom stereocenters. The highest BCUT2D eigenvalue weighted by Gasteiger charge is 2.36. The van der Waals surface area contributed by atoms with Crippen molar-refractivity contribution in [1.29, 1.82) is 0 Å². The highest BCUT2D eigenvalue weighted by molar-refractivity contribution is 5.86. The number of rotatable bonds is 2. The Labute approximate surface area is 97.5 Å². The van der Waals surface area contributed by atoms with Gasteiger partial charge in [-0.05, 0) is 24.2 Å². The second-order valence-electron chi connectivity index (χ2n) is 5.64. The van der Waals surface area contributed by atoms with Crippen molar-refractivity contribution in [2.24, 2.45) is 11.3 Å². The van der Waals surface area contributed by atoms with E-state index in [0.29, 0.717) is 25.2 Å². The molecular weight excluding hydrogens is 204 g/mol. The summed E-state index contributed by atoms with van der Waals surface area (Å²) in [6, 6.07) is 0. The van der Waals surface area contributed by atoms with Crippen LogP contribution in [0.4, 0.5) is 0 Å². The molecule has 1 aliphatic carbocycles. The summed E-state index contributed by atoms with van der Waals surface area (Å²) in [5.74, 6) is 0.233. The van der Waals surface area contributed by atoms with E-state index in [0.717, 1.165) is 6.42 Å². The van der Waals surface area contributed by atoms with E-state index in [2.05, 4.69) is 20.8 Å². The fourth-order valence-corrected chi connectivity index (χ4v) is 2.10. The van der Waals surface area contributed by atoms with Crippen molar-refractivity contribution >= 4 is 11.8 Å². The lowest BCUT2D eigenvalue weighted by Crippen LogP contribution is -2.37. The van der Waals surface area contributed by atoms with Gasteiger partial charge in [-0.2, -0.15) is 0 Å². The predicted molar refractivity (Wildman–Crippen MR) is 62.0 cm³/mol. The first kappa shape index (κ1) is 13.2. The average molecular weight is 226 g/mol. The average Bonchev–Trinajstić information content (AvgIpc) is 2.19. The van der Waals surface area contributed by atoms with Crippen LogP contribution in [0.2, 0.25) is 0 Å². The molecule has 1 fully saturated rings. The van der Waals surface area contributed by atoms with Crippen LogP contribution in [-0.2, 0) is 14.3 Å². The van der Waals surface area contributed by atoms with Crippen molar-refractivity contribution in [3.63, 3.8) is 0 Å². The molecule has 1 aliphatic rings. The quantitative estimate of drug-likeness (QED) is 0.680. The molecule has 3 heteroatoms. The molecule has 0 heterocycles. The van der Waals surface area contributed by atoms with E-state index >= 15 is 0 Å². The third-order valence-electron chi connectivity index (χ3n) is 3.37. The molecule has 0 bridgehead atoms. The molecule has 0 amide bonds. The molecule has 0 radical (unpaired) electrons. The second kappa shape index (κ2) is 4.98. The fourth-order valence-electron chi connectivity index (χ4n) is 2.10. The summed E-state index contributed by atoms with van der Waals surface area (Å²) >= 11 is 0. The van der Waals surface area contributed by atoms with Gasteiger partial charge in [-0.15, -0.1) is 0 Å². The number of carbonyl (C=O) groups is 2. The normalized spacial score (nSPS) is 26.6. The minimum absolute atomic E-state index is 0.0907. The lowest BCUT2D eigenvalue weighted by atomic mass is 9.71. The molecule has 0 saturated heterocycles. The molecule has 92 valence electrons. The maximum Gasteiger partial charge on any atom is 0.306 e. The van der Waals surface area contributed by atoms with Crippen molar-refractivity contribution in [3.05, 3.63) is 0 Å². The lowest BCUT2D eigenvalue weighted by molar-refractivity contribution is -0.158. The third-order valence-corrected chi connectivity index (χ3v) is 3.37. The smallest absolute Gasteiger partial charge is 0.306 e. The summed E-state index contributed by atoms with van der Waals surface area (Å²) in [4.78, 5) is 23.0. The number of hydrogen-bond donors (Lipinski definition) is 0. The van der Waals surface area contributed by atoms with E-state index in [9.17, 15) is 9.59 Å². The van der Waals surface area contributed by atoms with Gasteiger partial charge >= 0.3 is 5.97 Å². The van der Waals surface area contributed by atoms with Gasteiger partial charge < -0.3 is 4.74 Å². The summed E-state index contributed by atoms with van der Waals surface area (Å²) < 4.78 is 5.13. The van der Waals surface area contributed by atoms with Crippen molar-refractivity contribution in [2.75, 3.05) is 0 Å². The van der Waals surface area contributed by atoms with Crippen LogP contribution in [0, 0.1) is 11.3 Å². The van der Waals surface area contributed by atoms with Crippen LogP contribution < -0.4 is 0 Å². The van der Waals surface area contributed by atoms with Crippen molar-refractivity contribution in [2.45, 2.75) is 59.5 Å². The van der Waals surface area contributed by atoms with Crippen LogP contribution in [-0.4, -0.2) is 17.9 Å². The van der Waals surface area contributed by atoms with Gasteiger partial charge in [0.15, 0.2) is 11.9 Å². The molecule has 0 aromatic heterocycles. The van der Waals surface area contributed by atoms with Crippen LogP contribution in [0.25, 0.3) is 0 Å². The summed E-state index contributed by atoms with van der Waals surface area (Å²) in [5.41, 5.74) is 0.162. The third kappa shape index (κ3) is 3.32. The fraction of sp³-hybridized carbons (Fsp3) is 0.846. The Kier molecular flexibility index (Phi) is 4.11. The Morgan fingerprint density at radius 1 is 1.38 bits per heavy atom. The van der Waals surface area contributed by atoms with Crippen molar-refractivity contribution in [3.8, 4) is 0 Å². The maximum atomic E-state index is 11.8. The molecule has 0 aromatic rings. The maximum absolute atomic E-state index is 11.8. The predicted octanol–water partition coefficient (Wildman–Crippen LogP) is 2.72. The first-order chi connectivity index (χ1) is 7.34.